The summed E-state index contributed by atoms with van der Waals surface area (Å²) < 4.78 is 40.1. The van der Waals surface area contributed by atoms with Crippen molar-refractivity contribution in [3.63, 3.8) is 0 Å². The molecule has 1 heterocycles. The average Bonchev–Trinajstić information content (AvgIpc) is 2.25. The normalized spacial score (nSPS) is 11.4. The van der Waals surface area contributed by atoms with Crippen molar-refractivity contribution in [2.45, 2.75) is 13.3 Å². The predicted octanol–water partition coefficient (Wildman–Crippen LogP) is 2.64. The predicted molar refractivity (Wildman–Crippen MR) is 61.7 cm³/mol. The van der Waals surface area contributed by atoms with Crippen LogP contribution in [0.25, 0.3) is 11.3 Å². The average molecular weight is 270 g/mol. The molecule has 0 atom stereocenters. The van der Waals surface area contributed by atoms with E-state index >= 15 is 0 Å². The lowest BCUT2D eigenvalue weighted by Crippen LogP contribution is -2.17. The van der Waals surface area contributed by atoms with Gasteiger partial charge in [0.15, 0.2) is 0 Å². The van der Waals surface area contributed by atoms with Gasteiger partial charge in [0, 0.05) is 11.3 Å². The van der Waals surface area contributed by atoms with Crippen LogP contribution in [0.1, 0.15) is 5.69 Å². The van der Waals surface area contributed by atoms with Crippen molar-refractivity contribution < 1.29 is 17.9 Å². The van der Waals surface area contributed by atoms with Crippen LogP contribution in [0.3, 0.4) is 0 Å². The largest absolute Gasteiger partial charge is 0.573 e. The molecule has 0 aliphatic carbocycles. The molecule has 0 aliphatic rings. The third-order valence-corrected chi connectivity index (χ3v) is 2.24. The summed E-state index contributed by atoms with van der Waals surface area (Å²) in [4.78, 5) is 17.4. The Labute approximate surface area is 105 Å². The van der Waals surface area contributed by atoms with Crippen LogP contribution < -0.4 is 10.4 Å². The first-order valence-electron chi connectivity index (χ1n) is 5.28. The van der Waals surface area contributed by atoms with Crippen molar-refractivity contribution in [3.8, 4) is 17.0 Å². The van der Waals surface area contributed by atoms with Crippen molar-refractivity contribution in [1.82, 2.24) is 9.97 Å². The standard InChI is InChI=1S/C12H9F3N2O2/c1-7-5-10(17-11(18)16-7)8-3-2-4-9(6-8)19-12(13,14)15/h2-6H,1H3,(H,16,17,18). The van der Waals surface area contributed by atoms with Crippen LogP contribution in [0, 0.1) is 6.92 Å². The van der Waals surface area contributed by atoms with E-state index in [1.54, 1.807) is 19.1 Å². The Balaban J connectivity index is 2.40. The van der Waals surface area contributed by atoms with Crippen molar-refractivity contribution in [3.05, 3.63) is 46.5 Å². The molecule has 1 aromatic heterocycles. The lowest BCUT2D eigenvalue weighted by molar-refractivity contribution is -0.274. The van der Waals surface area contributed by atoms with Crippen LogP contribution in [0.5, 0.6) is 5.75 Å². The number of alkyl halides is 3. The number of benzene rings is 1. The molecule has 0 amide bonds. The molecule has 0 bridgehead atoms. The molecule has 1 aromatic carbocycles. The number of ether oxygens (including phenoxy) is 1. The first kappa shape index (κ1) is 13.1. The van der Waals surface area contributed by atoms with Crippen LogP contribution >= 0.6 is 0 Å². The summed E-state index contributed by atoms with van der Waals surface area (Å²) in [6.07, 6.45) is -4.75. The molecule has 2 rings (SSSR count). The second kappa shape index (κ2) is 4.75. The number of aromatic amines is 1. The fourth-order valence-corrected chi connectivity index (χ4v) is 1.58. The maximum atomic E-state index is 12.1. The highest BCUT2D eigenvalue weighted by Crippen LogP contribution is 2.26. The minimum atomic E-state index is -4.75. The minimum Gasteiger partial charge on any atom is -0.406 e. The third kappa shape index (κ3) is 3.57. The van der Waals surface area contributed by atoms with Crippen molar-refractivity contribution in [1.29, 1.82) is 0 Å². The molecule has 0 saturated heterocycles. The summed E-state index contributed by atoms with van der Waals surface area (Å²) in [6.45, 7) is 1.66. The summed E-state index contributed by atoms with van der Waals surface area (Å²) in [5, 5.41) is 0. The minimum absolute atomic E-state index is 0.286. The fraction of sp³-hybridized carbons (Fsp3) is 0.167. The second-order valence-electron chi connectivity index (χ2n) is 3.83. The molecule has 0 radical (unpaired) electrons. The molecule has 0 spiro atoms. The number of halogens is 3. The van der Waals surface area contributed by atoms with Gasteiger partial charge in [-0.3, -0.25) is 0 Å². The molecular formula is C12H9F3N2O2. The van der Waals surface area contributed by atoms with Crippen LogP contribution in [0.2, 0.25) is 0 Å². The van der Waals surface area contributed by atoms with Crippen LogP contribution in [-0.4, -0.2) is 16.3 Å². The van der Waals surface area contributed by atoms with E-state index < -0.39 is 12.1 Å². The van der Waals surface area contributed by atoms with E-state index in [1.165, 1.54) is 18.2 Å². The van der Waals surface area contributed by atoms with Crippen LogP contribution in [0.4, 0.5) is 13.2 Å². The zero-order valence-corrected chi connectivity index (χ0v) is 9.78. The van der Waals surface area contributed by atoms with Gasteiger partial charge in [-0.1, -0.05) is 12.1 Å². The summed E-state index contributed by atoms with van der Waals surface area (Å²) in [7, 11) is 0. The molecule has 0 unspecified atom stereocenters. The molecular weight excluding hydrogens is 261 g/mol. The molecule has 4 nitrogen and oxygen atoms in total. The summed E-state index contributed by atoms with van der Waals surface area (Å²) >= 11 is 0. The first-order valence-corrected chi connectivity index (χ1v) is 5.28. The van der Waals surface area contributed by atoms with Crippen molar-refractivity contribution >= 4 is 0 Å². The fourth-order valence-electron chi connectivity index (χ4n) is 1.58. The van der Waals surface area contributed by atoms with Crippen molar-refractivity contribution in [2.24, 2.45) is 0 Å². The van der Waals surface area contributed by atoms with E-state index in [1.807, 2.05) is 0 Å². The summed E-state index contributed by atoms with van der Waals surface area (Å²) in [5.41, 5.74) is 0.666. The van der Waals surface area contributed by atoms with Gasteiger partial charge in [-0.2, -0.15) is 4.98 Å². The maximum absolute atomic E-state index is 12.1. The van der Waals surface area contributed by atoms with Gasteiger partial charge in [0.05, 0.1) is 5.69 Å². The molecule has 0 saturated carbocycles. The van der Waals surface area contributed by atoms with Gasteiger partial charge < -0.3 is 9.72 Å². The topological polar surface area (TPSA) is 55.0 Å². The number of aryl methyl sites for hydroxylation is 1. The highest BCUT2D eigenvalue weighted by Gasteiger charge is 2.31. The molecule has 1 N–H and O–H groups in total. The summed E-state index contributed by atoms with van der Waals surface area (Å²) in [5.74, 6) is -0.357. The van der Waals surface area contributed by atoms with E-state index in [9.17, 15) is 18.0 Å². The molecule has 2 aromatic rings. The lowest BCUT2D eigenvalue weighted by atomic mass is 10.1. The molecule has 19 heavy (non-hydrogen) atoms. The Kier molecular flexibility index (Phi) is 3.28. The molecule has 0 fully saturated rings. The Morgan fingerprint density at radius 3 is 2.63 bits per heavy atom. The van der Waals surface area contributed by atoms with Gasteiger partial charge in [-0.25, -0.2) is 4.79 Å². The van der Waals surface area contributed by atoms with E-state index in [2.05, 4.69) is 14.7 Å². The number of rotatable bonds is 2. The van der Waals surface area contributed by atoms with Gasteiger partial charge in [0.2, 0.25) is 0 Å². The Morgan fingerprint density at radius 2 is 2.00 bits per heavy atom. The molecule has 7 heteroatoms. The van der Waals surface area contributed by atoms with E-state index in [-0.39, 0.29) is 11.4 Å². The zero-order valence-electron chi connectivity index (χ0n) is 9.78. The highest BCUT2D eigenvalue weighted by molar-refractivity contribution is 5.61. The first-order chi connectivity index (χ1) is 8.83. The van der Waals surface area contributed by atoms with Gasteiger partial charge in [-0.15, -0.1) is 13.2 Å². The maximum Gasteiger partial charge on any atom is 0.573 e. The third-order valence-electron chi connectivity index (χ3n) is 2.24. The number of H-pyrrole nitrogens is 1. The van der Waals surface area contributed by atoms with Gasteiger partial charge >= 0.3 is 12.1 Å². The lowest BCUT2D eigenvalue weighted by Gasteiger charge is -2.09. The monoisotopic (exact) mass is 270 g/mol. The van der Waals surface area contributed by atoms with Gasteiger partial charge in [-0.05, 0) is 25.1 Å². The van der Waals surface area contributed by atoms with Crippen molar-refractivity contribution in [2.75, 3.05) is 0 Å². The number of aromatic nitrogens is 2. The number of hydrogen-bond donors (Lipinski definition) is 1. The summed E-state index contributed by atoms with van der Waals surface area (Å²) in [6, 6.07) is 6.86. The van der Waals surface area contributed by atoms with E-state index in [0.29, 0.717) is 11.3 Å². The van der Waals surface area contributed by atoms with E-state index in [4.69, 9.17) is 0 Å². The smallest absolute Gasteiger partial charge is 0.406 e. The number of hydrogen-bond acceptors (Lipinski definition) is 3. The number of nitrogens with zero attached hydrogens (tertiary/aromatic N) is 1. The SMILES string of the molecule is Cc1cc(-c2cccc(OC(F)(F)F)c2)nc(=O)[nH]1. The quantitative estimate of drug-likeness (QED) is 0.912. The Bertz CT molecular complexity index is 650. The Hall–Kier alpha value is -2.31. The highest BCUT2D eigenvalue weighted by atomic mass is 19.4. The van der Waals surface area contributed by atoms with Gasteiger partial charge in [0.1, 0.15) is 5.75 Å². The van der Waals surface area contributed by atoms with Gasteiger partial charge in [0.25, 0.3) is 0 Å². The van der Waals surface area contributed by atoms with E-state index in [0.717, 1.165) is 0 Å². The molecule has 0 aliphatic heterocycles. The van der Waals surface area contributed by atoms with Crippen LogP contribution in [0.15, 0.2) is 35.1 Å². The Morgan fingerprint density at radius 1 is 1.26 bits per heavy atom. The number of nitrogens with one attached hydrogen (secondary N) is 1. The molecule has 100 valence electrons. The zero-order chi connectivity index (χ0) is 14.0. The van der Waals surface area contributed by atoms with Crippen LogP contribution in [-0.2, 0) is 0 Å². The second-order valence-corrected chi connectivity index (χ2v) is 3.83.